The highest BCUT2D eigenvalue weighted by molar-refractivity contribution is 5.97. The third kappa shape index (κ3) is 4.87. The number of nitrogens with one attached hydrogen (secondary N) is 2. The standard InChI is InChI=1S/C31H38N8O2/c1-20-28(40)39(26-14-31(26,35-20)38(5)30(41)34-15-21-10-7-6-8-11-21)18-22-12-9-13-24-25(19-37(4)27(22)24)23-16-32-29(33-17-23)36(2)3/h6-13,16-17,19-20,26,30,34-35,41H,14-15,18H2,1-5H3/t20-,26+,30?,31+/m0/s1. The van der Waals surface area contributed by atoms with E-state index in [0.717, 1.165) is 39.6 Å². The van der Waals surface area contributed by atoms with Crippen molar-refractivity contribution in [2.45, 2.75) is 50.5 Å². The zero-order chi connectivity index (χ0) is 28.9. The molecule has 3 heterocycles. The lowest BCUT2D eigenvalue weighted by molar-refractivity contribution is -0.143. The summed E-state index contributed by atoms with van der Waals surface area (Å²) in [5.41, 5.74) is 4.78. The molecule has 0 radical (unpaired) electrons. The second-order valence-electron chi connectivity index (χ2n) is 11.5. The normalized spacial score (nSPS) is 22.7. The van der Waals surface area contributed by atoms with E-state index in [2.05, 4.69) is 49.6 Å². The highest BCUT2D eigenvalue weighted by Crippen LogP contribution is 2.47. The van der Waals surface area contributed by atoms with Crippen molar-refractivity contribution in [1.82, 2.24) is 35.0 Å². The van der Waals surface area contributed by atoms with Crippen LogP contribution in [-0.4, -0.2) is 80.6 Å². The number of benzene rings is 2. The van der Waals surface area contributed by atoms with Gasteiger partial charge in [0.1, 0.15) is 0 Å². The monoisotopic (exact) mass is 554 g/mol. The lowest BCUT2D eigenvalue weighted by Gasteiger charge is -2.42. The second kappa shape index (κ2) is 10.5. The number of anilines is 1. The van der Waals surface area contributed by atoms with Gasteiger partial charge in [-0.2, -0.15) is 0 Å². The minimum atomic E-state index is -0.866. The molecule has 214 valence electrons. The SMILES string of the molecule is C[C@@H]1N[C@@]2(N(C)C(O)NCc3ccccc3)C[C@H]2N(Cc2cccc3c(-c4cnc(N(C)C)nc4)cn(C)c23)C1=O. The number of fused-ring (bicyclic) bond motifs is 2. The molecule has 1 aliphatic carbocycles. The summed E-state index contributed by atoms with van der Waals surface area (Å²) < 4.78 is 2.12. The van der Waals surface area contributed by atoms with Crippen LogP contribution in [0.1, 0.15) is 24.5 Å². The quantitative estimate of drug-likeness (QED) is 0.272. The van der Waals surface area contributed by atoms with Crippen LogP contribution < -0.4 is 15.5 Å². The van der Waals surface area contributed by atoms with Gasteiger partial charge >= 0.3 is 0 Å². The third-order valence-electron chi connectivity index (χ3n) is 8.49. The summed E-state index contributed by atoms with van der Waals surface area (Å²) in [7, 11) is 7.79. The summed E-state index contributed by atoms with van der Waals surface area (Å²) in [6.07, 6.45) is 5.70. The van der Waals surface area contributed by atoms with Crippen molar-refractivity contribution in [3.05, 3.63) is 78.2 Å². The molecule has 6 rings (SSSR count). The molecular formula is C31H38N8O2. The van der Waals surface area contributed by atoms with Crippen molar-refractivity contribution in [2.24, 2.45) is 7.05 Å². The minimum absolute atomic E-state index is 0.0497. The van der Waals surface area contributed by atoms with Crippen molar-refractivity contribution in [3.8, 4) is 11.1 Å². The molecule has 1 saturated carbocycles. The average molecular weight is 555 g/mol. The van der Waals surface area contributed by atoms with E-state index in [0.29, 0.717) is 19.0 Å². The smallest absolute Gasteiger partial charge is 0.240 e. The maximum atomic E-state index is 13.5. The van der Waals surface area contributed by atoms with Crippen LogP contribution in [0.15, 0.2) is 67.1 Å². The molecule has 1 aliphatic heterocycles. The summed E-state index contributed by atoms with van der Waals surface area (Å²) in [5, 5.41) is 18.9. The van der Waals surface area contributed by atoms with Crippen LogP contribution in [0.3, 0.4) is 0 Å². The van der Waals surface area contributed by atoms with Gasteiger partial charge in [-0.15, -0.1) is 0 Å². The topological polar surface area (TPSA) is 102 Å². The highest BCUT2D eigenvalue weighted by Gasteiger charge is 2.66. The van der Waals surface area contributed by atoms with Gasteiger partial charge in [-0.1, -0.05) is 48.5 Å². The van der Waals surface area contributed by atoms with E-state index >= 15 is 0 Å². The number of amides is 1. The number of aryl methyl sites for hydroxylation is 1. The van der Waals surface area contributed by atoms with E-state index in [1.54, 1.807) is 0 Å². The molecule has 0 spiro atoms. The number of piperazine rings is 1. The molecule has 2 aromatic heterocycles. The predicted molar refractivity (Wildman–Crippen MR) is 160 cm³/mol. The molecule has 2 aliphatic rings. The highest BCUT2D eigenvalue weighted by atomic mass is 16.3. The van der Waals surface area contributed by atoms with Gasteiger partial charge in [0.25, 0.3) is 0 Å². The number of aliphatic hydroxyl groups excluding tert-OH is 1. The Balaban J connectivity index is 1.24. The van der Waals surface area contributed by atoms with Gasteiger partial charge in [0.05, 0.1) is 23.3 Å². The molecule has 10 heteroatoms. The first-order valence-corrected chi connectivity index (χ1v) is 14.0. The Kier molecular flexibility index (Phi) is 7.03. The zero-order valence-corrected chi connectivity index (χ0v) is 24.2. The van der Waals surface area contributed by atoms with Crippen LogP contribution in [0, 0.1) is 0 Å². The van der Waals surface area contributed by atoms with E-state index in [1.807, 2.05) is 92.5 Å². The van der Waals surface area contributed by atoms with Crippen LogP contribution in [0.25, 0.3) is 22.0 Å². The Morgan fingerprint density at radius 3 is 2.56 bits per heavy atom. The predicted octanol–water partition coefficient (Wildman–Crippen LogP) is 2.49. The van der Waals surface area contributed by atoms with Crippen LogP contribution in [-0.2, 0) is 24.9 Å². The van der Waals surface area contributed by atoms with Crippen LogP contribution in [0.2, 0.25) is 0 Å². The number of para-hydroxylation sites is 1. The van der Waals surface area contributed by atoms with E-state index in [-0.39, 0.29) is 18.0 Å². The largest absolute Gasteiger partial charge is 0.365 e. The van der Waals surface area contributed by atoms with Gasteiger partial charge in [0.2, 0.25) is 11.9 Å². The maximum Gasteiger partial charge on any atom is 0.240 e. The summed E-state index contributed by atoms with van der Waals surface area (Å²) in [6, 6.07) is 15.9. The van der Waals surface area contributed by atoms with Crippen molar-refractivity contribution in [1.29, 1.82) is 0 Å². The number of hydrogen-bond acceptors (Lipinski definition) is 8. The Morgan fingerprint density at radius 1 is 1.12 bits per heavy atom. The molecule has 1 unspecified atom stereocenters. The Morgan fingerprint density at radius 2 is 1.85 bits per heavy atom. The van der Waals surface area contributed by atoms with E-state index in [4.69, 9.17) is 0 Å². The first-order chi connectivity index (χ1) is 19.7. The number of likely N-dealkylation sites (N-methyl/N-ethyl adjacent to an activating group) is 1. The molecule has 3 N–H and O–H groups in total. The number of hydrogen-bond donors (Lipinski definition) is 3. The average Bonchev–Trinajstić information content (AvgIpc) is 3.61. The molecule has 4 aromatic rings. The number of aliphatic hydroxyl groups is 1. The van der Waals surface area contributed by atoms with Crippen molar-refractivity contribution >= 4 is 22.8 Å². The van der Waals surface area contributed by atoms with Crippen LogP contribution >= 0.6 is 0 Å². The first kappa shape index (κ1) is 27.3. The summed E-state index contributed by atoms with van der Waals surface area (Å²) in [5.74, 6) is 0.738. The maximum absolute atomic E-state index is 13.5. The van der Waals surface area contributed by atoms with Gasteiger partial charge in [0.15, 0.2) is 6.35 Å². The molecule has 2 aromatic carbocycles. The second-order valence-corrected chi connectivity index (χ2v) is 11.5. The molecule has 4 atom stereocenters. The number of aromatic nitrogens is 3. The summed E-state index contributed by atoms with van der Waals surface area (Å²) >= 11 is 0. The van der Waals surface area contributed by atoms with Gasteiger partial charge in [0, 0.05) is 75.8 Å². The van der Waals surface area contributed by atoms with Gasteiger partial charge in [-0.3, -0.25) is 15.4 Å². The van der Waals surface area contributed by atoms with E-state index < -0.39 is 12.0 Å². The number of nitrogens with zero attached hydrogens (tertiary/aromatic N) is 6. The Hall–Kier alpha value is -3.83. The van der Waals surface area contributed by atoms with Crippen molar-refractivity contribution in [3.63, 3.8) is 0 Å². The molecule has 2 fully saturated rings. The summed E-state index contributed by atoms with van der Waals surface area (Å²) in [6.45, 7) is 2.94. The molecule has 41 heavy (non-hydrogen) atoms. The number of carbonyl (C=O) groups is 1. The first-order valence-electron chi connectivity index (χ1n) is 14.0. The van der Waals surface area contributed by atoms with Crippen molar-refractivity contribution in [2.75, 3.05) is 26.0 Å². The fourth-order valence-corrected chi connectivity index (χ4v) is 6.21. The van der Waals surface area contributed by atoms with E-state index in [9.17, 15) is 9.90 Å². The van der Waals surface area contributed by atoms with E-state index in [1.165, 1.54) is 0 Å². The number of carbonyl (C=O) groups excluding carboxylic acids is 1. The van der Waals surface area contributed by atoms with Crippen LogP contribution in [0.4, 0.5) is 5.95 Å². The van der Waals surface area contributed by atoms with Gasteiger partial charge in [-0.05, 0) is 25.1 Å². The summed E-state index contributed by atoms with van der Waals surface area (Å²) in [4.78, 5) is 28.3. The van der Waals surface area contributed by atoms with Gasteiger partial charge in [-0.25, -0.2) is 14.9 Å². The number of rotatable bonds is 9. The Bertz CT molecular complexity index is 1550. The van der Waals surface area contributed by atoms with Crippen LogP contribution in [0.5, 0.6) is 0 Å². The molecule has 1 saturated heterocycles. The molecule has 0 bridgehead atoms. The fourth-order valence-electron chi connectivity index (χ4n) is 6.21. The third-order valence-corrected chi connectivity index (χ3v) is 8.49. The fraction of sp³-hybridized carbons (Fsp3) is 0.387. The molecular weight excluding hydrogens is 516 g/mol. The Labute approximate surface area is 240 Å². The van der Waals surface area contributed by atoms with Gasteiger partial charge < -0.3 is 19.5 Å². The van der Waals surface area contributed by atoms with Crippen molar-refractivity contribution < 1.29 is 9.90 Å². The molecule has 10 nitrogen and oxygen atoms in total. The lowest BCUT2D eigenvalue weighted by atomic mass is 10.0. The lowest BCUT2D eigenvalue weighted by Crippen LogP contribution is -2.66. The minimum Gasteiger partial charge on any atom is -0.365 e. The zero-order valence-electron chi connectivity index (χ0n) is 24.2. The molecule has 1 amide bonds.